The van der Waals surface area contributed by atoms with Crippen LogP contribution in [0.15, 0.2) is 34.1 Å². The predicted octanol–water partition coefficient (Wildman–Crippen LogP) is 5.15. The molecule has 0 saturated carbocycles. The van der Waals surface area contributed by atoms with Crippen LogP contribution in [0.5, 0.6) is 0 Å². The van der Waals surface area contributed by atoms with Gasteiger partial charge < -0.3 is 9.73 Å². The molecule has 3 aromatic rings. The molecule has 0 aliphatic heterocycles. The van der Waals surface area contributed by atoms with Crippen LogP contribution in [0.25, 0.3) is 11.5 Å². The third-order valence-corrected chi connectivity index (χ3v) is 5.79. The summed E-state index contributed by atoms with van der Waals surface area (Å²) >= 11 is 1.71. The van der Waals surface area contributed by atoms with Crippen molar-refractivity contribution in [2.24, 2.45) is 0 Å². The number of benzene rings is 1. The predicted molar refractivity (Wildman–Crippen MR) is 100 cm³/mol. The molecule has 5 heteroatoms. The van der Waals surface area contributed by atoms with Crippen LogP contribution in [-0.4, -0.2) is 10.9 Å². The number of rotatable bonds is 3. The van der Waals surface area contributed by atoms with E-state index in [1.807, 2.05) is 43.5 Å². The lowest BCUT2D eigenvalue weighted by Crippen LogP contribution is -2.14. The van der Waals surface area contributed by atoms with Crippen molar-refractivity contribution in [3.8, 4) is 11.5 Å². The number of aromatic nitrogens is 1. The van der Waals surface area contributed by atoms with Crippen molar-refractivity contribution >= 4 is 22.9 Å². The number of hydrogen-bond acceptors (Lipinski definition) is 4. The number of anilines is 1. The monoisotopic (exact) mass is 352 g/mol. The first-order chi connectivity index (χ1) is 12.1. The van der Waals surface area contributed by atoms with E-state index < -0.39 is 0 Å². The first-order valence-corrected chi connectivity index (χ1v) is 9.45. The molecule has 0 radical (unpaired) electrons. The summed E-state index contributed by atoms with van der Waals surface area (Å²) in [5.41, 5.74) is 4.57. The number of nitrogens with zero attached hydrogens (tertiary/aromatic N) is 1. The second-order valence-electron chi connectivity index (χ2n) is 6.45. The largest absolute Gasteiger partial charge is 0.441 e. The van der Waals surface area contributed by atoms with Gasteiger partial charge in [0.25, 0.3) is 5.91 Å². The molecule has 1 amide bonds. The topological polar surface area (TPSA) is 55.1 Å². The van der Waals surface area contributed by atoms with E-state index in [2.05, 4.69) is 10.3 Å². The Morgan fingerprint density at radius 1 is 1.24 bits per heavy atom. The zero-order valence-electron chi connectivity index (χ0n) is 14.4. The summed E-state index contributed by atoms with van der Waals surface area (Å²) in [5, 5.41) is 5.02. The van der Waals surface area contributed by atoms with Gasteiger partial charge in [0, 0.05) is 21.5 Å². The molecule has 1 aliphatic rings. The molecule has 4 nitrogen and oxygen atoms in total. The molecule has 0 fully saturated rings. The Kier molecular flexibility index (Phi) is 4.17. The minimum atomic E-state index is -0.0312. The van der Waals surface area contributed by atoms with Crippen LogP contribution in [0, 0.1) is 13.8 Å². The van der Waals surface area contributed by atoms with Gasteiger partial charge in [-0.1, -0.05) is 6.07 Å². The van der Waals surface area contributed by atoms with E-state index in [-0.39, 0.29) is 5.91 Å². The van der Waals surface area contributed by atoms with Crippen LogP contribution in [0.1, 0.15) is 45.1 Å². The van der Waals surface area contributed by atoms with Gasteiger partial charge in [0.2, 0.25) is 5.89 Å². The Balaban J connectivity index is 1.58. The molecule has 1 N–H and O–H groups in total. The molecule has 0 saturated heterocycles. The number of thiophene rings is 1. The van der Waals surface area contributed by atoms with Crippen molar-refractivity contribution < 1.29 is 9.21 Å². The van der Waals surface area contributed by atoms with Crippen molar-refractivity contribution in [1.29, 1.82) is 0 Å². The van der Waals surface area contributed by atoms with E-state index in [4.69, 9.17) is 4.42 Å². The number of carbonyl (C=O) groups is 1. The Bertz CT molecular complexity index is 920. The smallest absolute Gasteiger partial charge is 0.256 e. The summed E-state index contributed by atoms with van der Waals surface area (Å²) in [5.74, 6) is 1.37. The van der Waals surface area contributed by atoms with Crippen molar-refractivity contribution in [2.75, 3.05) is 5.32 Å². The molecular weight excluding hydrogens is 332 g/mol. The standard InChI is InChI=1S/C20H20N2O2S/c1-12-13(2)24-20(21-12)14-6-5-7-15(10-14)22-19(23)17-11-25-18-9-4-3-8-16(17)18/h5-7,10-11H,3-4,8-9H2,1-2H3,(H,22,23). The van der Waals surface area contributed by atoms with E-state index in [0.717, 1.165) is 41.1 Å². The fourth-order valence-corrected chi connectivity index (χ4v) is 4.33. The number of fused-ring (bicyclic) bond motifs is 1. The van der Waals surface area contributed by atoms with E-state index in [1.165, 1.54) is 23.3 Å². The molecule has 25 heavy (non-hydrogen) atoms. The molecular formula is C20H20N2O2S. The Hall–Kier alpha value is -2.40. The molecule has 0 spiro atoms. The van der Waals surface area contributed by atoms with E-state index >= 15 is 0 Å². The second kappa shape index (κ2) is 6.48. The Morgan fingerprint density at radius 3 is 2.88 bits per heavy atom. The summed E-state index contributed by atoms with van der Waals surface area (Å²) in [6.07, 6.45) is 4.51. The molecule has 0 atom stereocenters. The number of hydrogen-bond donors (Lipinski definition) is 1. The van der Waals surface area contributed by atoms with Crippen LogP contribution in [0.2, 0.25) is 0 Å². The highest BCUT2D eigenvalue weighted by Gasteiger charge is 2.20. The number of nitrogens with one attached hydrogen (secondary N) is 1. The van der Waals surface area contributed by atoms with Gasteiger partial charge in [-0.2, -0.15) is 0 Å². The van der Waals surface area contributed by atoms with Gasteiger partial charge in [0.15, 0.2) is 0 Å². The van der Waals surface area contributed by atoms with Crippen LogP contribution >= 0.6 is 11.3 Å². The number of amides is 1. The van der Waals surface area contributed by atoms with Crippen LogP contribution in [-0.2, 0) is 12.8 Å². The number of carbonyl (C=O) groups excluding carboxylic acids is 1. The molecule has 0 unspecified atom stereocenters. The van der Waals surface area contributed by atoms with E-state index in [1.54, 1.807) is 11.3 Å². The maximum atomic E-state index is 12.7. The lowest BCUT2D eigenvalue weighted by Gasteiger charge is -2.13. The quantitative estimate of drug-likeness (QED) is 0.709. The SMILES string of the molecule is Cc1nc(-c2cccc(NC(=O)c3csc4c3CCCC4)c2)oc1C. The zero-order valence-corrected chi connectivity index (χ0v) is 15.2. The lowest BCUT2D eigenvalue weighted by molar-refractivity contribution is 0.102. The number of aryl methyl sites for hydroxylation is 3. The second-order valence-corrected chi connectivity index (χ2v) is 7.42. The maximum absolute atomic E-state index is 12.7. The number of oxazole rings is 1. The molecule has 2 aromatic heterocycles. The van der Waals surface area contributed by atoms with Crippen molar-refractivity contribution in [3.05, 3.63) is 57.1 Å². The molecule has 2 heterocycles. The van der Waals surface area contributed by atoms with Gasteiger partial charge in [0.05, 0.1) is 11.3 Å². The van der Waals surface area contributed by atoms with Gasteiger partial charge in [-0.05, 0) is 63.3 Å². The highest BCUT2D eigenvalue weighted by Crippen LogP contribution is 2.31. The molecule has 1 aliphatic carbocycles. The average Bonchev–Trinajstić information content (AvgIpc) is 3.19. The zero-order chi connectivity index (χ0) is 17.4. The van der Waals surface area contributed by atoms with Gasteiger partial charge in [-0.3, -0.25) is 4.79 Å². The fourth-order valence-electron chi connectivity index (χ4n) is 3.21. The molecule has 4 rings (SSSR count). The third-order valence-electron chi connectivity index (χ3n) is 4.70. The van der Waals surface area contributed by atoms with Gasteiger partial charge in [-0.25, -0.2) is 4.98 Å². The summed E-state index contributed by atoms with van der Waals surface area (Å²) in [6, 6.07) is 7.64. The van der Waals surface area contributed by atoms with Crippen LogP contribution < -0.4 is 5.32 Å². The third kappa shape index (κ3) is 3.12. The highest BCUT2D eigenvalue weighted by atomic mass is 32.1. The summed E-state index contributed by atoms with van der Waals surface area (Å²) in [6.45, 7) is 3.82. The van der Waals surface area contributed by atoms with Crippen LogP contribution in [0.4, 0.5) is 5.69 Å². The molecule has 0 bridgehead atoms. The minimum Gasteiger partial charge on any atom is -0.441 e. The van der Waals surface area contributed by atoms with Crippen LogP contribution in [0.3, 0.4) is 0 Å². The lowest BCUT2D eigenvalue weighted by atomic mass is 9.95. The van der Waals surface area contributed by atoms with Crippen molar-refractivity contribution in [3.63, 3.8) is 0 Å². The summed E-state index contributed by atoms with van der Waals surface area (Å²) < 4.78 is 5.68. The minimum absolute atomic E-state index is 0.0312. The normalized spacial score (nSPS) is 13.5. The van der Waals surface area contributed by atoms with Crippen molar-refractivity contribution in [2.45, 2.75) is 39.5 Å². The van der Waals surface area contributed by atoms with Gasteiger partial charge in [-0.15, -0.1) is 11.3 Å². The molecule has 128 valence electrons. The van der Waals surface area contributed by atoms with E-state index in [9.17, 15) is 4.79 Å². The fraction of sp³-hybridized carbons (Fsp3) is 0.300. The van der Waals surface area contributed by atoms with Crippen molar-refractivity contribution in [1.82, 2.24) is 4.98 Å². The molecule has 1 aromatic carbocycles. The van der Waals surface area contributed by atoms with Gasteiger partial charge >= 0.3 is 0 Å². The maximum Gasteiger partial charge on any atom is 0.256 e. The summed E-state index contributed by atoms with van der Waals surface area (Å²) in [4.78, 5) is 18.5. The Labute approximate surface area is 150 Å². The first kappa shape index (κ1) is 16.1. The Morgan fingerprint density at radius 2 is 2.08 bits per heavy atom. The first-order valence-electron chi connectivity index (χ1n) is 8.57. The van der Waals surface area contributed by atoms with Gasteiger partial charge in [0.1, 0.15) is 5.76 Å². The average molecular weight is 352 g/mol. The summed E-state index contributed by atoms with van der Waals surface area (Å²) in [7, 11) is 0. The van der Waals surface area contributed by atoms with E-state index in [0.29, 0.717) is 5.89 Å². The highest BCUT2D eigenvalue weighted by molar-refractivity contribution is 7.10.